The summed E-state index contributed by atoms with van der Waals surface area (Å²) in [6, 6.07) is 6.38. The van der Waals surface area contributed by atoms with E-state index in [1.165, 1.54) is 5.56 Å². The van der Waals surface area contributed by atoms with E-state index in [-0.39, 0.29) is 11.8 Å². The second kappa shape index (κ2) is 5.44. The van der Waals surface area contributed by atoms with Crippen molar-refractivity contribution in [3.8, 4) is 6.07 Å². The lowest BCUT2D eigenvalue weighted by molar-refractivity contribution is 0.0697. The van der Waals surface area contributed by atoms with Gasteiger partial charge in [0.05, 0.1) is 12.0 Å². The monoisotopic (exact) mass is 256 g/mol. The molecule has 0 aliphatic carbocycles. The first-order valence-corrected chi connectivity index (χ1v) is 6.79. The first kappa shape index (κ1) is 13.6. The summed E-state index contributed by atoms with van der Waals surface area (Å²) in [7, 11) is 0. The van der Waals surface area contributed by atoms with E-state index in [4.69, 9.17) is 5.26 Å². The third kappa shape index (κ3) is 2.78. The fraction of sp³-hybridized carbons (Fsp3) is 0.500. The molecule has 1 saturated heterocycles. The summed E-state index contributed by atoms with van der Waals surface area (Å²) in [5, 5.41) is 9.02. The first-order chi connectivity index (χ1) is 9.02. The van der Waals surface area contributed by atoms with Gasteiger partial charge in [0.1, 0.15) is 0 Å². The summed E-state index contributed by atoms with van der Waals surface area (Å²) in [4.78, 5) is 14.5. The van der Waals surface area contributed by atoms with Crippen LogP contribution in [0.3, 0.4) is 0 Å². The van der Waals surface area contributed by atoms with Crippen molar-refractivity contribution >= 4 is 5.91 Å². The minimum absolute atomic E-state index is 0.0104. The van der Waals surface area contributed by atoms with Crippen molar-refractivity contribution in [1.82, 2.24) is 4.90 Å². The predicted molar refractivity (Wildman–Crippen MR) is 74.9 cm³/mol. The van der Waals surface area contributed by atoms with Crippen molar-refractivity contribution in [2.24, 2.45) is 5.92 Å². The van der Waals surface area contributed by atoms with Crippen molar-refractivity contribution in [3.63, 3.8) is 0 Å². The second-order valence-corrected chi connectivity index (χ2v) is 5.49. The Balaban J connectivity index is 2.27. The van der Waals surface area contributed by atoms with Gasteiger partial charge in [-0.15, -0.1) is 0 Å². The zero-order valence-electron chi connectivity index (χ0n) is 11.9. The van der Waals surface area contributed by atoms with Crippen molar-refractivity contribution in [1.29, 1.82) is 5.26 Å². The van der Waals surface area contributed by atoms with Crippen LogP contribution >= 0.6 is 0 Å². The summed E-state index contributed by atoms with van der Waals surface area (Å²) in [6.45, 7) is 7.35. The molecule has 0 N–H and O–H groups in total. The van der Waals surface area contributed by atoms with E-state index >= 15 is 0 Å². The van der Waals surface area contributed by atoms with E-state index in [1.54, 1.807) is 0 Å². The summed E-state index contributed by atoms with van der Waals surface area (Å²) in [5.74, 6) is 0.0683. The highest BCUT2D eigenvalue weighted by Gasteiger charge is 2.26. The van der Waals surface area contributed by atoms with Crippen molar-refractivity contribution in [2.75, 3.05) is 13.1 Å². The Kier molecular flexibility index (Phi) is 3.90. The lowest BCUT2D eigenvalue weighted by Gasteiger charge is -2.30. The number of amides is 1. The van der Waals surface area contributed by atoms with Gasteiger partial charge in [0.25, 0.3) is 5.91 Å². The van der Waals surface area contributed by atoms with Crippen LogP contribution in [0.2, 0.25) is 0 Å². The molecule has 0 saturated carbocycles. The number of benzene rings is 1. The molecule has 1 heterocycles. The average molecular weight is 256 g/mol. The Bertz CT molecular complexity index is 519. The highest BCUT2D eigenvalue weighted by Crippen LogP contribution is 2.22. The number of nitriles is 1. The highest BCUT2D eigenvalue weighted by molar-refractivity contribution is 5.97. The molecule has 0 bridgehead atoms. The summed E-state index contributed by atoms with van der Waals surface area (Å²) >= 11 is 0. The number of rotatable bonds is 1. The Hall–Kier alpha value is -1.82. The SMILES string of the molecule is Cc1cc(C)c(C(=O)N2CCCC(C#N)C2)c(C)c1. The third-order valence-electron chi connectivity index (χ3n) is 3.78. The summed E-state index contributed by atoms with van der Waals surface area (Å²) < 4.78 is 0. The molecular weight excluding hydrogens is 236 g/mol. The van der Waals surface area contributed by atoms with E-state index in [9.17, 15) is 4.79 Å². The molecule has 0 spiro atoms. The lowest BCUT2D eigenvalue weighted by atomic mass is 9.95. The number of carbonyl (C=O) groups excluding carboxylic acids is 1. The number of aryl methyl sites for hydroxylation is 3. The molecule has 100 valence electrons. The number of piperidine rings is 1. The molecule has 1 aliphatic rings. The molecule has 1 aliphatic heterocycles. The molecule has 1 aromatic rings. The van der Waals surface area contributed by atoms with Crippen molar-refractivity contribution in [3.05, 3.63) is 34.4 Å². The van der Waals surface area contributed by atoms with Crippen LogP contribution in [0.1, 0.15) is 39.9 Å². The van der Waals surface area contributed by atoms with Crippen LogP contribution in [-0.2, 0) is 0 Å². The minimum Gasteiger partial charge on any atom is -0.337 e. The maximum absolute atomic E-state index is 12.6. The quantitative estimate of drug-likeness (QED) is 0.775. The van der Waals surface area contributed by atoms with E-state index in [2.05, 4.69) is 6.07 Å². The Morgan fingerprint density at radius 2 is 1.95 bits per heavy atom. The topological polar surface area (TPSA) is 44.1 Å². The van der Waals surface area contributed by atoms with Crippen LogP contribution in [0.15, 0.2) is 12.1 Å². The molecule has 1 amide bonds. The van der Waals surface area contributed by atoms with Crippen LogP contribution in [-0.4, -0.2) is 23.9 Å². The standard InChI is InChI=1S/C16H20N2O/c1-11-7-12(2)15(13(3)8-11)16(19)18-6-4-5-14(9-17)10-18/h7-8,14H,4-6,10H2,1-3H3. The average Bonchev–Trinajstić information content (AvgIpc) is 2.37. The molecule has 1 unspecified atom stereocenters. The number of carbonyl (C=O) groups is 1. The Morgan fingerprint density at radius 3 is 2.53 bits per heavy atom. The van der Waals surface area contributed by atoms with Crippen LogP contribution < -0.4 is 0 Å². The second-order valence-electron chi connectivity index (χ2n) is 5.49. The predicted octanol–water partition coefficient (Wildman–Crippen LogP) is 2.99. The van der Waals surface area contributed by atoms with Gasteiger partial charge in [-0.05, 0) is 44.7 Å². The van der Waals surface area contributed by atoms with Crippen LogP contribution in [0, 0.1) is 38.0 Å². The Morgan fingerprint density at radius 1 is 1.32 bits per heavy atom. The van der Waals surface area contributed by atoms with Gasteiger partial charge in [0, 0.05) is 18.7 Å². The smallest absolute Gasteiger partial charge is 0.254 e. The fourth-order valence-electron chi connectivity index (χ4n) is 2.94. The van der Waals surface area contributed by atoms with Gasteiger partial charge in [-0.1, -0.05) is 17.7 Å². The van der Waals surface area contributed by atoms with Crippen LogP contribution in [0.25, 0.3) is 0 Å². The zero-order chi connectivity index (χ0) is 14.0. The number of hydrogen-bond acceptors (Lipinski definition) is 2. The fourth-order valence-corrected chi connectivity index (χ4v) is 2.94. The van der Waals surface area contributed by atoms with E-state index in [0.717, 1.165) is 36.1 Å². The number of hydrogen-bond donors (Lipinski definition) is 0. The third-order valence-corrected chi connectivity index (χ3v) is 3.78. The normalized spacial score (nSPS) is 19.1. The molecule has 1 atom stereocenters. The molecule has 1 fully saturated rings. The maximum Gasteiger partial charge on any atom is 0.254 e. The van der Waals surface area contributed by atoms with E-state index in [1.807, 2.05) is 37.8 Å². The molecule has 2 rings (SSSR count). The summed E-state index contributed by atoms with van der Waals surface area (Å²) in [6.07, 6.45) is 1.83. The molecule has 19 heavy (non-hydrogen) atoms. The van der Waals surface area contributed by atoms with Gasteiger partial charge in [-0.3, -0.25) is 4.79 Å². The van der Waals surface area contributed by atoms with Gasteiger partial charge in [-0.25, -0.2) is 0 Å². The van der Waals surface area contributed by atoms with Crippen LogP contribution in [0.4, 0.5) is 0 Å². The molecule has 1 aromatic carbocycles. The van der Waals surface area contributed by atoms with Gasteiger partial charge < -0.3 is 4.90 Å². The van der Waals surface area contributed by atoms with Gasteiger partial charge in [0.2, 0.25) is 0 Å². The molecule has 3 heteroatoms. The van der Waals surface area contributed by atoms with E-state index in [0.29, 0.717) is 6.54 Å². The van der Waals surface area contributed by atoms with Crippen molar-refractivity contribution in [2.45, 2.75) is 33.6 Å². The van der Waals surface area contributed by atoms with Crippen LogP contribution in [0.5, 0.6) is 0 Å². The molecule has 3 nitrogen and oxygen atoms in total. The van der Waals surface area contributed by atoms with Gasteiger partial charge in [-0.2, -0.15) is 5.26 Å². The zero-order valence-corrected chi connectivity index (χ0v) is 11.9. The lowest BCUT2D eigenvalue weighted by Crippen LogP contribution is -2.40. The van der Waals surface area contributed by atoms with E-state index < -0.39 is 0 Å². The molecule has 0 radical (unpaired) electrons. The van der Waals surface area contributed by atoms with Gasteiger partial charge >= 0.3 is 0 Å². The molecule has 0 aromatic heterocycles. The van der Waals surface area contributed by atoms with Gasteiger partial charge in [0.15, 0.2) is 0 Å². The largest absolute Gasteiger partial charge is 0.337 e. The number of likely N-dealkylation sites (tertiary alicyclic amines) is 1. The van der Waals surface area contributed by atoms with Crippen molar-refractivity contribution < 1.29 is 4.79 Å². The first-order valence-electron chi connectivity index (χ1n) is 6.79. The maximum atomic E-state index is 12.6. The summed E-state index contributed by atoms with van der Waals surface area (Å²) in [5.41, 5.74) is 4.05. The molecular formula is C16H20N2O. The highest BCUT2D eigenvalue weighted by atomic mass is 16.2. The minimum atomic E-state index is -0.0104. The number of nitrogens with zero attached hydrogens (tertiary/aromatic N) is 2. The Labute approximate surface area is 114 Å².